The van der Waals surface area contributed by atoms with Crippen molar-refractivity contribution in [3.63, 3.8) is 0 Å². The maximum Gasteiger partial charge on any atom is 0.0641 e. The second-order valence-electron chi connectivity index (χ2n) is 20.2. The summed E-state index contributed by atoms with van der Waals surface area (Å²) in [5, 5.41) is 9.98. The zero-order valence-electron chi connectivity index (χ0n) is 41.7. The van der Waals surface area contributed by atoms with E-state index in [-0.39, 0.29) is 0 Å². The first-order valence-electron chi connectivity index (χ1n) is 25.8. The number of rotatable bonds is 8. The number of anilines is 6. The Kier molecular flexibility index (Phi) is 9.19. The Morgan fingerprint density at radius 3 is 1.08 bits per heavy atom. The standard InChI is InChI=1S/C70H50N4/c1-43-21-11-15-33-57(43)71(67-45(3)23-19-31-49(67)47-25-7-5-8-26-47)61-39-37-51-55-41-64-56(42-63(55)73-59-35-17-13-29-53(59)65(61)69(51)73)52-38-40-62(66-54-30-14-18-36-60(54)74(64)70(52)66)72(58-34-16-12-22-44(58)2)68-46(4)24-20-32-50(68)48-27-9-6-10-28-48/h5-42H,1-4H3. The van der Waals surface area contributed by atoms with Gasteiger partial charge in [-0.2, -0.15) is 0 Å². The van der Waals surface area contributed by atoms with Gasteiger partial charge in [-0.25, -0.2) is 0 Å². The fourth-order valence-corrected chi connectivity index (χ4v) is 12.8. The molecule has 4 heterocycles. The highest BCUT2D eigenvalue weighted by Gasteiger charge is 2.30. The molecule has 0 aliphatic heterocycles. The van der Waals surface area contributed by atoms with Gasteiger partial charge in [0.1, 0.15) is 0 Å². The number of para-hydroxylation sites is 6. The number of fused-ring (bicyclic) bond motifs is 12. The van der Waals surface area contributed by atoms with E-state index < -0.39 is 0 Å². The maximum atomic E-state index is 2.56. The predicted octanol–water partition coefficient (Wildman–Crippen LogP) is 19.5. The Morgan fingerprint density at radius 2 is 0.649 bits per heavy atom. The molecule has 0 aliphatic carbocycles. The zero-order chi connectivity index (χ0) is 49.3. The van der Waals surface area contributed by atoms with Crippen LogP contribution < -0.4 is 9.80 Å². The summed E-state index contributed by atoms with van der Waals surface area (Å²) >= 11 is 0. The quantitative estimate of drug-likeness (QED) is 0.151. The monoisotopic (exact) mass is 946 g/mol. The molecular weight excluding hydrogens is 897 g/mol. The summed E-state index contributed by atoms with van der Waals surface area (Å²) < 4.78 is 5.12. The fourth-order valence-electron chi connectivity index (χ4n) is 12.8. The third-order valence-corrected chi connectivity index (χ3v) is 16.1. The van der Waals surface area contributed by atoms with Crippen LogP contribution in [0.2, 0.25) is 0 Å². The van der Waals surface area contributed by atoms with Crippen molar-refractivity contribution in [3.8, 4) is 22.3 Å². The summed E-state index contributed by atoms with van der Waals surface area (Å²) in [4.78, 5) is 5.09. The van der Waals surface area contributed by atoms with E-state index in [1.165, 1.54) is 143 Å². The molecule has 4 aromatic heterocycles. The van der Waals surface area contributed by atoms with E-state index in [0.29, 0.717) is 0 Å². The zero-order valence-corrected chi connectivity index (χ0v) is 41.7. The average molecular weight is 947 g/mol. The predicted molar refractivity (Wildman–Crippen MR) is 315 cm³/mol. The van der Waals surface area contributed by atoms with E-state index in [1.807, 2.05) is 0 Å². The second kappa shape index (κ2) is 16.1. The minimum absolute atomic E-state index is 1.16. The van der Waals surface area contributed by atoms with E-state index in [9.17, 15) is 0 Å². The lowest BCUT2D eigenvalue weighted by Crippen LogP contribution is -2.14. The molecule has 0 spiro atoms. The van der Waals surface area contributed by atoms with Gasteiger partial charge in [-0.15, -0.1) is 0 Å². The number of hydrogen-bond donors (Lipinski definition) is 0. The minimum atomic E-state index is 1.16. The van der Waals surface area contributed by atoms with Crippen LogP contribution in [-0.2, 0) is 0 Å². The molecule has 74 heavy (non-hydrogen) atoms. The third kappa shape index (κ3) is 5.91. The Hall–Kier alpha value is -9.38. The molecule has 0 radical (unpaired) electrons. The molecule has 0 fully saturated rings. The van der Waals surface area contributed by atoms with Crippen molar-refractivity contribution >= 4 is 110 Å². The largest absolute Gasteiger partial charge is 0.309 e. The fraction of sp³-hybridized carbons (Fsp3) is 0.0571. The molecule has 0 N–H and O–H groups in total. The van der Waals surface area contributed by atoms with Gasteiger partial charge in [-0.3, -0.25) is 0 Å². The van der Waals surface area contributed by atoms with Crippen LogP contribution in [0.4, 0.5) is 34.1 Å². The summed E-state index contributed by atoms with van der Waals surface area (Å²) in [7, 11) is 0. The highest BCUT2D eigenvalue weighted by molar-refractivity contribution is 6.32. The minimum Gasteiger partial charge on any atom is -0.309 e. The molecule has 15 aromatic rings. The van der Waals surface area contributed by atoms with Gasteiger partial charge in [-0.05, 0) is 110 Å². The van der Waals surface area contributed by atoms with Crippen molar-refractivity contribution in [3.05, 3.63) is 253 Å². The van der Waals surface area contributed by atoms with Crippen molar-refractivity contribution < 1.29 is 0 Å². The van der Waals surface area contributed by atoms with Crippen LogP contribution in [0, 0.1) is 27.7 Å². The summed E-state index contributed by atoms with van der Waals surface area (Å²) in [6.45, 7) is 8.98. The van der Waals surface area contributed by atoms with Gasteiger partial charge in [0.25, 0.3) is 0 Å². The lowest BCUT2D eigenvalue weighted by molar-refractivity contribution is 1.24. The highest BCUT2D eigenvalue weighted by atomic mass is 15.2. The molecule has 0 unspecified atom stereocenters. The van der Waals surface area contributed by atoms with Crippen LogP contribution in [0.5, 0.6) is 0 Å². The van der Waals surface area contributed by atoms with Gasteiger partial charge >= 0.3 is 0 Å². The van der Waals surface area contributed by atoms with E-state index >= 15 is 0 Å². The number of aromatic nitrogens is 2. The van der Waals surface area contributed by atoms with E-state index in [0.717, 1.165) is 11.4 Å². The van der Waals surface area contributed by atoms with Crippen molar-refractivity contribution in [2.24, 2.45) is 0 Å². The van der Waals surface area contributed by atoms with Crippen LogP contribution >= 0.6 is 0 Å². The Bertz CT molecular complexity index is 4410. The molecule has 4 nitrogen and oxygen atoms in total. The lowest BCUT2D eigenvalue weighted by Gasteiger charge is -2.31. The summed E-state index contributed by atoms with van der Waals surface area (Å²) in [6, 6.07) is 85.5. The molecule has 15 rings (SSSR count). The van der Waals surface area contributed by atoms with Gasteiger partial charge in [0, 0.05) is 65.6 Å². The molecule has 0 saturated carbocycles. The van der Waals surface area contributed by atoms with E-state index in [2.05, 4.69) is 277 Å². The van der Waals surface area contributed by atoms with Crippen molar-refractivity contribution in [1.29, 1.82) is 0 Å². The van der Waals surface area contributed by atoms with Crippen molar-refractivity contribution in [2.75, 3.05) is 9.80 Å². The molecule has 0 atom stereocenters. The summed E-state index contributed by atoms with van der Waals surface area (Å²) in [5.41, 5.74) is 24.0. The van der Waals surface area contributed by atoms with Crippen LogP contribution in [-0.4, -0.2) is 8.80 Å². The number of nitrogens with zero attached hydrogens (tertiary/aromatic N) is 4. The molecule has 4 heteroatoms. The average Bonchev–Trinajstić information content (AvgIpc) is 4.29. The number of benzene rings is 11. The van der Waals surface area contributed by atoms with Gasteiger partial charge < -0.3 is 18.6 Å². The first kappa shape index (κ1) is 42.3. The van der Waals surface area contributed by atoms with Gasteiger partial charge in [-0.1, -0.05) is 182 Å². The smallest absolute Gasteiger partial charge is 0.0641 e. The maximum absolute atomic E-state index is 2.56. The van der Waals surface area contributed by atoms with Crippen LogP contribution in [0.25, 0.3) is 98.4 Å². The van der Waals surface area contributed by atoms with Crippen molar-refractivity contribution in [2.45, 2.75) is 27.7 Å². The number of aryl methyl sites for hydroxylation is 4. The van der Waals surface area contributed by atoms with Crippen LogP contribution in [0.3, 0.4) is 0 Å². The highest BCUT2D eigenvalue weighted by Crippen LogP contribution is 2.54. The first-order chi connectivity index (χ1) is 36.4. The molecule has 0 saturated heterocycles. The van der Waals surface area contributed by atoms with Gasteiger partial charge in [0.2, 0.25) is 0 Å². The van der Waals surface area contributed by atoms with Crippen molar-refractivity contribution in [1.82, 2.24) is 8.80 Å². The summed E-state index contributed by atoms with van der Waals surface area (Å²) in [5.74, 6) is 0. The third-order valence-electron chi connectivity index (χ3n) is 16.1. The molecule has 0 amide bonds. The molecule has 350 valence electrons. The molecular formula is C70H50N4. The van der Waals surface area contributed by atoms with E-state index in [1.54, 1.807) is 0 Å². The van der Waals surface area contributed by atoms with Gasteiger partial charge in [0.15, 0.2) is 0 Å². The molecule has 0 bridgehead atoms. The van der Waals surface area contributed by atoms with Crippen LogP contribution in [0.1, 0.15) is 22.3 Å². The lowest BCUT2D eigenvalue weighted by atomic mass is 9.96. The Labute approximate surface area is 429 Å². The number of hydrogen-bond acceptors (Lipinski definition) is 2. The molecule has 11 aromatic carbocycles. The van der Waals surface area contributed by atoms with Crippen LogP contribution in [0.15, 0.2) is 231 Å². The van der Waals surface area contributed by atoms with E-state index in [4.69, 9.17) is 0 Å². The normalized spacial score (nSPS) is 12.1. The second-order valence-corrected chi connectivity index (χ2v) is 20.2. The Balaban J connectivity index is 1.03. The van der Waals surface area contributed by atoms with Gasteiger partial charge in [0.05, 0.1) is 55.8 Å². The first-order valence-corrected chi connectivity index (χ1v) is 25.8. The summed E-state index contributed by atoms with van der Waals surface area (Å²) in [6.07, 6.45) is 0. The SMILES string of the molecule is Cc1ccccc1N(c1c(C)cccc1-c1ccccc1)c1ccc2c3cc4c(cc3n3c5ccccc5c1c23)c1ccc(N(c2ccccc2C)c2c(C)cccc2-c2ccccc2)c2c3ccccc3n4c12. The topological polar surface area (TPSA) is 15.3 Å². The Morgan fingerprint density at radius 1 is 0.270 bits per heavy atom. The molecule has 0 aliphatic rings.